The van der Waals surface area contributed by atoms with Crippen molar-refractivity contribution in [1.29, 1.82) is 0 Å². The third-order valence-electron chi connectivity index (χ3n) is 3.23. The minimum Gasteiger partial charge on any atom is -0.364 e. The molecule has 0 aliphatic rings. The summed E-state index contributed by atoms with van der Waals surface area (Å²) in [6.07, 6.45) is 3.69. The first-order valence-corrected chi connectivity index (χ1v) is 6.66. The highest BCUT2D eigenvalue weighted by molar-refractivity contribution is 5.53. The van der Waals surface area contributed by atoms with Crippen molar-refractivity contribution in [2.24, 2.45) is 5.73 Å². The number of rotatable bonds is 5. The lowest BCUT2D eigenvalue weighted by atomic mass is 10.1. The van der Waals surface area contributed by atoms with E-state index < -0.39 is 0 Å². The average Bonchev–Trinajstić information content (AvgIpc) is 2.45. The van der Waals surface area contributed by atoms with Crippen molar-refractivity contribution in [1.82, 2.24) is 4.98 Å². The number of hydrogen-bond acceptors (Lipinski definition) is 3. The van der Waals surface area contributed by atoms with E-state index in [1.54, 1.807) is 0 Å². The molecule has 0 radical (unpaired) electrons. The molecule has 19 heavy (non-hydrogen) atoms. The van der Waals surface area contributed by atoms with Crippen LogP contribution in [0.25, 0.3) is 0 Å². The van der Waals surface area contributed by atoms with Crippen LogP contribution in [0.5, 0.6) is 0 Å². The summed E-state index contributed by atoms with van der Waals surface area (Å²) in [4.78, 5) is 6.52. The van der Waals surface area contributed by atoms with Crippen molar-refractivity contribution < 1.29 is 0 Å². The van der Waals surface area contributed by atoms with Crippen LogP contribution >= 0.6 is 0 Å². The van der Waals surface area contributed by atoms with Gasteiger partial charge in [-0.1, -0.05) is 30.3 Å². The Balaban J connectivity index is 2.30. The molecule has 0 aliphatic carbocycles. The van der Waals surface area contributed by atoms with Crippen molar-refractivity contribution in [3.8, 4) is 0 Å². The van der Waals surface area contributed by atoms with Crippen LogP contribution in [0.3, 0.4) is 0 Å². The van der Waals surface area contributed by atoms with Gasteiger partial charge in [0.15, 0.2) is 0 Å². The molecule has 0 saturated heterocycles. The Kier molecular flexibility index (Phi) is 4.53. The molecule has 2 aromatic rings. The zero-order chi connectivity index (χ0) is 13.7. The molecule has 0 amide bonds. The fourth-order valence-corrected chi connectivity index (χ4v) is 2.18. The molecule has 0 saturated carbocycles. The smallest absolute Gasteiger partial charge is 0.0448 e. The van der Waals surface area contributed by atoms with Crippen LogP contribution in [0.4, 0.5) is 5.69 Å². The fraction of sp³-hybridized carbons (Fsp3) is 0.312. The van der Waals surface area contributed by atoms with E-state index >= 15 is 0 Å². The zero-order valence-corrected chi connectivity index (χ0v) is 11.6. The second-order valence-corrected chi connectivity index (χ2v) is 4.92. The highest BCUT2D eigenvalue weighted by atomic mass is 15.2. The molecular weight excluding hydrogens is 234 g/mol. The predicted molar refractivity (Wildman–Crippen MR) is 79.9 cm³/mol. The van der Waals surface area contributed by atoms with Gasteiger partial charge in [-0.2, -0.15) is 0 Å². The molecule has 2 N–H and O–H groups in total. The largest absolute Gasteiger partial charge is 0.364 e. The number of nitrogens with two attached hydrogens (primary N) is 1. The molecule has 0 spiro atoms. The van der Waals surface area contributed by atoms with Gasteiger partial charge in [-0.05, 0) is 25.5 Å². The average molecular weight is 255 g/mol. The molecule has 0 atom stereocenters. The Hall–Kier alpha value is -1.87. The van der Waals surface area contributed by atoms with Crippen LogP contribution in [0.1, 0.15) is 25.0 Å². The van der Waals surface area contributed by atoms with Crippen molar-refractivity contribution in [3.63, 3.8) is 0 Å². The van der Waals surface area contributed by atoms with Crippen LogP contribution in [0.15, 0.2) is 48.8 Å². The highest BCUT2D eigenvalue weighted by Gasteiger charge is 2.14. The van der Waals surface area contributed by atoms with Gasteiger partial charge in [0, 0.05) is 42.8 Å². The van der Waals surface area contributed by atoms with E-state index in [9.17, 15) is 0 Å². The van der Waals surface area contributed by atoms with E-state index in [0.29, 0.717) is 12.6 Å². The molecule has 0 unspecified atom stereocenters. The number of hydrogen-bond donors (Lipinski definition) is 1. The standard InChI is InChI=1S/C16H21N3/c1-13(2)19(12-14-6-4-3-5-7-14)16-8-9-18-11-15(16)10-17/h3-9,11,13H,10,12,17H2,1-2H3. The molecule has 1 aromatic carbocycles. The molecule has 0 aliphatic heterocycles. The second kappa shape index (κ2) is 6.34. The minimum atomic E-state index is 0.410. The first kappa shape index (κ1) is 13.6. The molecule has 1 heterocycles. The summed E-state index contributed by atoms with van der Waals surface area (Å²) in [7, 11) is 0. The lowest BCUT2D eigenvalue weighted by Crippen LogP contribution is -2.31. The van der Waals surface area contributed by atoms with E-state index in [2.05, 4.69) is 48.0 Å². The maximum Gasteiger partial charge on any atom is 0.0448 e. The first-order chi connectivity index (χ1) is 9.22. The summed E-state index contributed by atoms with van der Waals surface area (Å²) in [6.45, 7) is 5.80. The van der Waals surface area contributed by atoms with Gasteiger partial charge in [0.1, 0.15) is 0 Å². The Labute approximate surface area is 115 Å². The second-order valence-electron chi connectivity index (χ2n) is 4.92. The summed E-state index contributed by atoms with van der Waals surface area (Å²) in [6, 6.07) is 12.9. The van der Waals surface area contributed by atoms with Gasteiger partial charge in [-0.3, -0.25) is 4.98 Å². The zero-order valence-electron chi connectivity index (χ0n) is 11.6. The number of aromatic nitrogens is 1. The van der Waals surface area contributed by atoms with Crippen molar-refractivity contribution in [2.45, 2.75) is 33.0 Å². The number of nitrogens with zero attached hydrogens (tertiary/aromatic N) is 2. The SMILES string of the molecule is CC(C)N(Cc1ccccc1)c1ccncc1CN. The van der Waals surface area contributed by atoms with E-state index in [-0.39, 0.29) is 0 Å². The van der Waals surface area contributed by atoms with Gasteiger partial charge in [-0.25, -0.2) is 0 Å². The summed E-state index contributed by atoms with van der Waals surface area (Å²) in [5, 5.41) is 0. The van der Waals surface area contributed by atoms with Crippen molar-refractivity contribution in [3.05, 3.63) is 59.9 Å². The molecule has 3 heteroatoms. The van der Waals surface area contributed by atoms with Gasteiger partial charge >= 0.3 is 0 Å². The normalized spacial score (nSPS) is 10.7. The number of pyridine rings is 1. The van der Waals surface area contributed by atoms with Crippen LogP contribution in [-0.4, -0.2) is 11.0 Å². The Morgan fingerprint density at radius 1 is 1.16 bits per heavy atom. The highest BCUT2D eigenvalue weighted by Crippen LogP contribution is 2.23. The Morgan fingerprint density at radius 3 is 2.53 bits per heavy atom. The molecule has 2 rings (SSSR count). The quantitative estimate of drug-likeness (QED) is 0.893. The Bertz CT molecular complexity index is 508. The summed E-state index contributed by atoms with van der Waals surface area (Å²) >= 11 is 0. The summed E-state index contributed by atoms with van der Waals surface area (Å²) < 4.78 is 0. The molecule has 1 aromatic heterocycles. The Morgan fingerprint density at radius 2 is 1.89 bits per heavy atom. The molecule has 0 fully saturated rings. The van der Waals surface area contributed by atoms with Gasteiger partial charge < -0.3 is 10.6 Å². The van der Waals surface area contributed by atoms with Crippen molar-refractivity contribution >= 4 is 5.69 Å². The maximum atomic E-state index is 5.82. The fourth-order valence-electron chi connectivity index (χ4n) is 2.18. The van der Waals surface area contributed by atoms with Crippen LogP contribution in [-0.2, 0) is 13.1 Å². The molecule has 3 nitrogen and oxygen atoms in total. The van der Waals surface area contributed by atoms with Crippen LogP contribution in [0.2, 0.25) is 0 Å². The van der Waals surface area contributed by atoms with Crippen molar-refractivity contribution in [2.75, 3.05) is 4.90 Å². The van der Waals surface area contributed by atoms with Gasteiger partial charge in [0.05, 0.1) is 0 Å². The van der Waals surface area contributed by atoms with E-state index in [4.69, 9.17) is 5.73 Å². The van der Waals surface area contributed by atoms with Crippen LogP contribution in [0, 0.1) is 0 Å². The first-order valence-electron chi connectivity index (χ1n) is 6.66. The molecule has 100 valence electrons. The van der Waals surface area contributed by atoms with E-state index in [0.717, 1.165) is 12.1 Å². The van der Waals surface area contributed by atoms with Gasteiger partial charge in [0.2, 0.25) is 0 Å². The summed E-state index contributed by atoms with van der Waals surface area (Å²) in [5.41, 5.74) is 9.38. The lowest BCUT2D eigenvalue weighted by Gasteiger charge is -2.30. The van der Waals surface area contributed by atoms with Gasteiger partial charge in [0.25, 0.3) is 0 Å². The van der Waals surface area contributed by atoms with E-state index in [1.165, 1.54) is 11.3 Å². The van der Waals surface area contributed by atoms with Crippen LogP contribution < -0.4 is 10.6 Å². The molecular formula is C16H21N3. The third-order valence-corrected chi connectivity index (χ3v) is 3.23. The maximum absolute atomic E-state index is 5.82. The number of benzene rings is 1. The van der Waals surface area contributed by atoms with E-state index in [1.807, 2.05) is 24.5 Å². The monoisotopic (exact) mass is 255 g/mol. The minimum absolute atomic E-state index is 0.410. The summed E-state index contributed by atoms with van der Waals surface area (Å²) in [5.74, 6) is 0. The topological polar surface area (TPSA) is 42.2 Å². The number of anilines is 1. The predicted octanol–water partition coefficient (Wildman–Crippen LogP) is 2.96. The third kappa shape index (κ3) is 3.32. The van der Waals surface area contributed by atoms with Gasteiger partial charge in [-0.15, -0.1) is 0 Å². The molecule has 0 bridgehead atoms. The lowest BCUT2D eigenvalue weighted by molar-refractivity contribution is 0.677.